The Morgan fingerprint density at radius 1 is 0.816 bits per heavy atom. The summed E-state index contributed by atoms with van der Waals surface area (Å²) in [7, 11) is -3.85. The van der Waals surface area contributed by atoms with Crippen molar-refractivity contribution in [3.63, 3.8) is 0 Å². The van der Waals surface area contributed by atoms with Crippen molar-refractivity contribution in [3.8, 4) is 0 Å². The normalized spacial score (nSPS) is 15.8. The van der Waals surface area contributed by atoms with Crippen LogP contribution in [0, 0.1) is 0 Å². The first-order valence-electron chi connectivity index (χ1n) is 12.5. The topological polar surface area (TPSA) is 46.5 Å². The summed E-state index contributed by atoms with van der Waals surface area (Å²) in [4.78, 5) is 14.3. The summed E-state index contributed by atoms with van der Waals surface area (Å²) < 4.78 is 48.5. The van der Waals surface area contributed by atoms with Gasteiger partial charge in [0.05, 0.1) is 0 Å². The number of halogens is 4. The van der Waals surface area contributed by atoms with Gasteiger partial charge in [0, 0.05) is 0 Å². The van der Waals surface area contributed by atoms with Crippen LogP contribution in [-0.4, -0.2) is 33.1 Å². The Balaban J connectivity index is 2.65. The van der Waals surface area contributed by atoms with Gasteiger partial charge in [-0.15, -0.1) is 0 Å². The third-order valence-corrected chi connectivity index (χ3v) is 12.4. The van der Waals surface area contributed by atoms with E-state index in [2.05, 4.69) is 0 Å². The second kappa shape index (κ2) is 11.4. The van der Waals surface area contributed by atoms with Crippen LogP contribution in [0.2, 0.25) is 0 Å². The van der Waals surface area contributed by atoms with Gasteiger partial charge < -0.3 is 9.84 Å². The molecule has 8 heteroatoms. The average Bonchev–Trinajstić information content (AvgIpc) is 2.87. The van der Waals surface area contributed by atoms with E-state index in [1.807, 2.05) is 0 Å². The highest BCUT2D eigenvalue weighted by Gasteiger charge is 2.83. The van der Waals surface area contributed by atoms with Crippen LogP contribution in [0.5, 0.6) is 0 Å². The van der Waals surface area contributed by atoms with Crippen molar-refractivity contribution >= 4 is 40.7 Å². The SMILES string of the molecule is CCCCC(O)(C(F)(F)F)C(Cl)(C(=O)OC(C)(C)C)[P+](c1ccccc1)(c1ccccc1)c1ccccc1. The quantitative estimate of drug-likeness (QED) is 0.178. The lowest BCUT2D eigenvalue weighted by molar-refractivity contribution is -0.269. The average molecular weight is 566 g/mol. The Morgan fingerprint density at radius 3 is 1.47 bits per heavy atom. The summed E-state index contributed by atoms with van der Waals surface area (Å²) in [5, 5.41) is 13.2. The van der Waals surface area contributed by atoms with Crippen molar-refractivity contribution in [2.45, 2.75) is 69.0 Å². The van der Waals surface area contributed by atoms with E-state index < -0.39 is 41.6 Å². The minimum absolute atomic E-state index is 0.00829. The first-order valence-corrected chi connectivity index (χ1v) is 14.7. The van der Waals surface area contributed by atoms with Gasteiger partial charge in [0.2, 0.25) is 5.60 Å². The number of carbonyl (C=O) groups excluding carboxylic acids is 1. The number of unbranched alkanes of at least 4 members (excludes halogenated alkanes) is 1. The van der Waals surface area contributed by atoms with Gasteiger partial charge in [0.1, 0.15) is 28.8 Å². The largest absolute Gasteiger partial charge is 0.456 e. The maximum Gasteiger partial charge on any atom is 0.423 e. The summed E-state index contributed by atoms with van der Waals surface area (Å²) in [6.07, 6.45) is -5.69. The van der Waals surface area contributed by atoms with E-state index in [0.29, 0.717) is 22.3 Å². The lowest BCUT2D eigenvalue weighted by Gasteiger charge is -2.48. The molecule has 0 fully saturated rings. The molecule has 2 atom stereocenters. The van der Waals surface area contributed by atoms with Crippen molar-refractivity contribution in [2.24, 2.45) is 0 Å². The van der Waals surface area contributed by atoms with Crippen molar-refractivity contribution in [3.05, 3.63) is 91.0 Å². The molecule has 0 saturated carbocycles. The Kier molecular flexibility index (Phi) is 9.02. The summed E-state index contributed by atoms with van der Waals surface area (Å²) in [6.45, 7) is 6.41. The van der Waals surface area contributed by atoms with Gasteiger partial charge >= 0.3 is 12.1 Å². The highest BCUT2D eigenvalue weighted by molar-refractivity contribution is 7.98. The highest BCUT2D eigenvalue weighted by atomic mass is 35.5. The third-order valence-electron chi connectivity index (χ3n) is 6.47. The minimum atomic E-state index is -5.26. The summed E-state index contributed by atoms with van der Waals surface area (Å²) in [5.41, 5.74) is -4.80. The van der Waals surface area contributed by atoms with E-state index in [1.165, 1.54) is 0 Å². The molecule has 204 valence electrons. The summed E-state index contributed by atoms with van der Waals surface area (Å²) in [5.74, 6) is -1.31. The van der Waals surface area contributed by atoms with Gasteiger partial charge in [-0.1, -0.05) is 86.0 Å². The van der Waals surface area contributed by atoms with Crippen LogP contribution in [0.1, 0.15) is 47.0 Å². The molecule has 0 aliphatic carbocycles. The molecule has 0 saturated heterocycles. The summed E-state index contributed by atoms with van der Waals surface area (Å²) in [6, 6.07) is 25.4. The van der Waals surface area contributed by atoms with Crippen LogP contribution < -0.4 is 15.9 Å². The Morgan fingerprint density at radius 2 is 1.18 bits per heavy atom. The lowest BCUT2D eigenvalue weighted by Crippen LogP contribution is -2.69. The van der Waals surface area contributed by atoms with Crippen LogP contribution in [-0.2, 0) is 9.53 Å². The molecule has 3 aromatic rings. The van der Waals surface area contributed by atoms with Gasteiger partial charge in [0.25, 0.3) is 4.62 Å². The molecular weight excluding hydrogens is 532 g/mol. The van der Waals surface area contributed by atoms with E-state index in [9.17, 15) is 9.90 Å². The fourth-order valence-electron chi connectivity index (χ4n) is 4.79. The number of benzene rings is 3. The first-order chi connectivity index (χ1) is 17.8. The molecule has 38 heavy (non-hydrogen) atoms. The molecule has 0 heterocycles. The van der Waals surface area contributed by atoms with Crippen LogP contribution in [0.15, 0.2) is 91.0 Å². The monoisotopic (exact) mass is 565 g/mol. The summed E-state index contributed by atoms with van der Waals surface area (Å²) >= 11 is 7.35. The van der Waals surface area contributed by atoms with Gasteiger partial charge in [-0.25, -0.2) is 4.79 Å². The van der Waals surface area contributed by atoms with Crippen molar-refractivity contribution < 1.29 is 27.8 Å². The van der Waals surface area contributed by atoms with Crippen LogP contribution in [0.4, 0.5) is 13.2 Å². The lowest BCUT2D eigenvalue weighted by atomic mass is 9.91. The van der Waals surface area contributed by atoms with Gasteiger partial charge in [0.15, 0.2) is 0 Å². The number of rotatable bonds is 9. The molecular formula is C30H34ClF3O3P+. The number of aliphatic hydroxyl groups is 1. The van der Waals surface area contributed by atoms with E-state index in [-0.39, 0.29) is 6.42 Å². The maximum atomic E-state index is 15.3. The second-order valence-electron chi connectivity index (χ2n) is 10.3. The highest BCUT2D eigenvalue weighted by Crippen LogP contribution is 2.74. The molecule has 2 unspecified atom stereocenters. The minimum Gasteiger partial charge on any atom is -0.456 e. The molecule has 0 amide bonds. The van der Waals surface area contributed by atoms with Gasteiger partial charge in [-0.05, 0) is 63.6 Å². The molecule has 0 aliphatic heterocycles. The zero-order chi connectivity index (χ0) is 28.2. The number of ether oxygens (including phenoxy) is 1. The standard InChI is InChI=1S/C30H34ClF3O3P/c1-5-6-22-28(36,30(32,33)34)29(31,26(35)37-27(2,3)4)38(23-16-10-7-11-17-23,24-18-12-8-13-19-24)25-20-14-9-15-21-25/h7-21,36H,5-6,22H2,1-4H3/q+1. The fourth-order valence-corrected chi connectivity index (χ4v) is 10.8. The van der Waals surface area contributed by atoms with E-state index in [1.54, 1.807) is 119 Å². The zero-order valence-electron chi connectivity index (χ0n) is 22.0. The number of hydrogen-bond donors (Lipinski definition) is 1. The van der Waals surface area contributed by atoms with Gasteiger partial charge in [-0.3, -0.25) is 0 Å². The van der Waals surface area contributed by atoms with E-state index in [4.69, 9.17) is 16.3 Å². The number of hydrogen-bond acceptors (Lipinski definition) is 3. The number of carbonyl (C=O) groups is 1. The van der Waals surface area contributed by atoms with E-state index in [0.717, 1.165) is 0 Å². The molecule has 0 aliphatic rings. The van der Waals surface area contributed by atoms with Crippen LogP contribution in [0.25, 0.3) is 0 Å². The molecule has 3 aromatic carbocycles. The Labute approximate surface area is 228 Å². The van der Waals surface area contributed by atoms with E-state index >= 15 is 13.2 Å². The van der Waals surface area contributed by atoms with Gasteiger partial charge in [-0.2, -0.15) is 13.2 Å². The first kappa shape index (κ1) is 30.1. The second-order valence-corrected chi connectivity index (χ2v) is 14.7. The fraction of sp³-hybridized carbons (Fsp3) is 0.367. The maximum absolute atomic E-state index is 15.3. The number of esters is 1. The predicted molar refractivity (Wildman–Crippen MR) is 150 cm³/mol. The zero-order valence-corrected chi connectivity index (χ0v) is 23.7. The Hall–Kier alpha value is -2.40. The molecule has 0 radical (unpaired) electrons. The molecule has 0 bridgehead atoms. The molecule has 3 nitrogen and oxygen atoms in total. The predicted octanol–water partition coefficient (Wildman–Crippen LogP) is 6.74. The molecule has 3 rings (SSSR count). The van der Waals surface area contributed by atoms with Crippen molar-refractivity contribution in [1.82, 2.24) is 0 Å². The molecule has 1 N–H and O–H groups in total. The molecule has 0 spiro atoms. The third kappa shape index (κ3) is 5.23. The molecule has 0 aromatic heterocycles. The van der Waals surface area contributed by atoms with Crippen molar-refractivity contribution in [1.29, 1.82) is 0 Å². The van der Waals surface area contributed by atoms with Crippen LogP contribution >= 0.6 is 18.9 Å². The van der Waals surface area contributed by atoms with Crippen molar-refractivity contribution in [2.75, 3.05) is 0 Å². The van der Waals surface area contributed by atoms with Crippen LogP contribution in [0.3, 0.4) is 0 Å². The smallest absolute Gasteiger partial charge is 0.423 e. The number of alkyl halides is 4. The Bertz CT molecular complexity index is 1100.